The van der Waals surface area contributed by atoms with Gasteiger partial charge in [-0.2, -0.15) is 5.26 Å². The summed E-state index contributed by atoms with van der Waals surface area (Å²) in [6.07, 6.45) is 2.14. The van der Waals surface area contributed by atoms with Crippen LogP contribution in [0.1, 0.15) is 38.9 Å². The van der Waals surface area contributed by atoms with Gasteiger partial charge in [0.15, 0.2) is 0 Å². The molecule has 0 unspecified atom stereocenters. The van der Waals surface area contributed by atoms with Crippen molar-refractivity contribution < 1.29 is 9.53 Å². The van der Waals surface area contributed by atoms with Crippen molar-refractivity contribution in [3.05, 3.63) is 98.1 Å². The third kappa shape index (κ3) is 6.03. The van der Waals surface area contributed by atoms with Crippen LogP contribution in [-0.4, -0.2) is 13.0 Å². The second-order valence-electron chi connectivity index (χ2n) is 8.28. The monoisotopic (exact) mass is 458 g/mol. The molecule has 0 atom stereocenters. The fourth-order valence-electron chi connectivity index (χ4n) is 3.78. The molecule has 3 aromatic carbocycles. The molecule has 0 saturated heterocycles. The van der Waals surface area contributed by atoms with Crippen LogP contribution >= 0.6 is 11.6 Å². The molecule has 168 valence electrons. The van der Waals surface area contributed by atoms with Crippen LogP contribution in [0.15, 0.2) is 54.1 Å². The molecular formula is C28H27ClN2O2. The number of aryl methyl sites for hydroxylation is 4. The molecule has 0 aromatic heterocycles. The van der Waals surface area contributed by atoms with E-state index in [1.54, 1.807) is 19.2 Å². The topological polar surface area (TPSA) is 62.1 Å². The molecule has 0 spiro atoms. The number of methoxy groups -OCH3 is 1. The highest BCUT2D eigenvalue weighted by Gasteiger charge is 2.14. The van der Waals surface area contributed by atoms with Crippen LogP contribution < -0.4 is 10.1 Å². The average Bonchev–Trinajstić information content (AvgIpc) is 2.75. The normalized spacial score (nSPS) is 11.1. The maximum Gasteiger partial charge on any atom is 0.266 e. The molecular weight excluding hydrogens is 432 g/mol. The highest BCUT2D eigenvalue weighted by atomic mass is 35.5. The Morgan fingerprint density at radius 1 is 1.03 bits per heavy atom. The van der Waals surface area contributed by atoms with Gasteiger partial charge in [-0.05, 0) is 80.3 Å². The summed E-state index contributed by atoms with van der Waals surface area (Å²) in [6, 6.07) is 17.5. The lowest BCUT2D eigenvalue weighted by Crippen LogP contribution is -2.13. The SMILES string of the molecule is COc1cc(/C=C(\C#N)C(=O)Nc2ccc(C)c(C)c2)cc(Cl)c1Cc1cc(C)cc(C)c1. The lowest BCUT2D eigenvalue weighted by atomic mass is 9.98. The van der Waals surface area contributed by atoms with Gasteiger partial charge in [0.2, 0.25) is 0 Å². The standard InChI is InChI=1S/C28H27ClN2O2/c1-17-8-18(2)10-21(9-17)13-25-26(29)14-22(15-27(25)33-5)12-23(16-30)28(32)31-24-7-6-19(3)20(4)11-24/h6-12,14-15H,13H2,1-5H3,(H,31,32)/b23-12+. The van der Waals surface area contributed by atoms with Gasteiger partial charge in [0.1, 0.15) is 17.4 Å². The van der Waals surface area contributed by atoms with Gasteiger partial charge in [-0.1, -0.05) is 47.0 Å². The van der Waals surface area contributed by atoms with Crippen LogP contribution in [0.4, 0.5) is 5.69 Å². The van der Waals surface area contributed by atoms with Crippen molar-refractivity contribution in [3.63, 3.8) is 0 Å². The third-order valence-electron chi connectivity index (χ3n) is 5.50. The predicted octanol–water partition coefficient (Wildman–Crippen LogP) is 6.72. The molecule has 3 rings (SSSR count). The van der Waals surface area contributed by atoms with Gasteiger partial charge >= 0.3 is 0 Å². The minimum absolute atomic E-state index is 0.0200. The van der Waals surface area contributed by atoms with E-state index in [0.717, 1.165) is 22.3 Å². The number of ether oxygens (including phenoxy) is 1. The van der Waals surface area contributed by atoms with E-state index >= 15 is 0 Å². The Morgan fingerprint density at radius 3 is 2.33 bits per heavy atom. The van der Waals surface area contributed by atoms with Crippen LogP contribution in [0.25, 0.3) is 6.08 Å². The zero-order valence-electron chi connectivity index (χ0n) is 19.5. The number of halogens is 1. The van der Waals surface area contributed by atoms with E-state index in [2.05, 4.69) is 37.4 Å². The van der Waals surface area contributed by atoms with E-state index < -0.39 is 5.91 Å². The number of amides is 1. The second-order valence-corrected chi connectivity index (χ2v) is 8.69. The number of anilines is 1. The van der Waals surface area contributed by atoms with Crippen molar-refractivity contribution in [2.24, 2.45) is 0 Å². The first kappa shape index (κ1) is 24.1. The van der Waals surface area contributed by atoms with Gasteiger partial charge in [-0.15, -0.1) is 0 Å². The van der Waals surface area contributed by atoms with Crippen molar-refractivity contribution in [2.45, 2.75) is 34.1 Å². The molecule has 1 amide bonds. The van der Waals surface area contributed by atoms with E-state index in [4.69, 9.17) is 16.3 Å². The lowest BCUT2D eigenvalue weighted by molar-refractivity contribution is -0.112. The van der Waals surface area contributed by atoms with E-state index in [1.165, 1.54) is 17.2 Å². The Bertz CT molecular complexity index is 1270. The Kier molecular flexibility index (Phi) is 7.58. The van der Waals surface area contributed by atoms with Crippen molar-refractivity contribution in [3.8, 4) is 11.8 Å². The molecule has 4 nitrogen and oxygen atoms in total. The fraction of sp³-hybridized carbons (Fsp3) is 0.214. The maximum atomic E-state index is 12.7. The average molecular weight is 459 g/mol. The number of nitrogens with one attached hydrogen (secondary N) is 1. The smallest absolute Gasteiger partial charge is 0.266 e. The van der Waals surface area contributed by atoms with Gasteiger partial charge in [-0.25, -0.2) is 0 Å². The number of nitrogens with zero attached hydrogens (tertiary/aromatic N) is 1. The molecule has 33 heavy (non-hydrogen) atoms. The Balaban J connectivity index is 1.89. The summed E-state index contributed by atoms with van der Waals surface area (Å²) in [6.45, 7) is 8.10. The zero-order valence-corrected chi connectivity index (χ0v) is 20.3. The summed E-state index contributed by atoms with van der Waals surface area (Å²) in [5, 5.41) is 12.9. The second kappa shape index (κ2) is 10.4. The molecule has 0 aliphatic carbocycles. The number of rotatable bonds is 6. The van der Waals surface area contributed by atoms with E-state index in [9.17, 15) is 10.1 Å². The van der Waals surface area contributed by atoms with E-state index in [1.807, 2.05) is 38.1 Å². The lowest BCUT2D eigenvalue weighted by Gasteiger charge is -2.13. The van der Waals surface area contributed by atoms with E-state index in [-0.39, 0.29) is 5.57 Å². The quantitative estimate of drug-likeness (QED) is 0.329. The number of carbonyl (C=O) groups is 1. The highest BCUT2D eigenvalue weighted by molar-refractivity contribution is 6.31. The third-order valence-corrected chi connectivity index (χ3v) is 5.84. The van der Waals surface area contributed by atoms with Crippen LogP contribution in [0.5, 0.6) is 5.75 Å². The number of hydrogen-bond donors (Lipinski definition) is 1. The van der Waals surface area contributed by atoms with Gasteiger partial charge in [0, 0.05) is 22.7 Å². The molecule has 0 heterocycles. The van der Waals surface area contributed by atoms with Crippen molar-refractivity contribution in [1.82, 2.24) is 0 Å². The minimum atomic E-state index is -0.477. The van der Waals surface area contributed by atoms with Crippen molar-refractivity contribution in [2.75, 3.05) is 12.4 Å². The maximum absolute atomic E-state index is 12.7. The summed E-state index contributed by atoms with van der Waals surface area (Å²) in [5.41, 5.74) is 7.81. The summed E-state index contributed by atoms with van der Waals surface area (Å²) in [7, 11) is 1.59. The van der Waals surface area contributed by atoms with Crippen LogP contribution in [0, 0.1) is 39.0 Å². The minimum Gasteiger partial charge on any atom is -0.496 e. The Morgan fingerprint density at radius 2 is 1.73 bits per heavy atom. The summed E-state index contributed by atoms with van der Waals surface area (Å²) >= 11 is 6.62. The molecule has 0 fully saturated rings. The number of carbonyl (C=O) groups excluding carboxylic acids is 1. The fourth-order valence-corrected chi connectivity index (χ4v) is 4.06. The Labute approximate surface area is 200 Å². The van der Waals surface area contributed by atoms with Crippen LogP contribution in [0.2, 0.25) is 5.02 Å². The van der Waals surface area contributed by atoms with Gasteiger partial charge in [0.05, 0.1) is 7.11 Å². The van der Waals surface area contributed by atoms with Gasteiger partial charge in [0.25, 0.3) is 5.91 Å². The molecule has 0 radical (unpaired) electrons. The van der Waals surface area contributed by atoms with Crippen molar-refractivity contribution in [1.29, 1.82) is 5.26 Å². The number of benzene rings is 3. The molecule has 1 N–H and O–H groups in total. The van der Waals surface area contributed by atoms with Gasteiger partial charge < -0.3 is 10.1 Å². The highest BCUT2D eigenvalue weighted by Crippen LogP contribution is 2.32. The Hall–Kier alpha value is -3.55. The number of hydrogen-bond acceptors (Lipinski definition) is 3. The van der Waals surface area contributed by atoms with E-state index in [0.29, 0.717) is 28.4 Å². The molecule has 0 aliphatic rings. The van der Waals surface area contributed by atoms with Crippen LogP contribution in [-0.2, 0) is 11.2 Å². The summed E-state index contributed by atoms with van der Waals surface area (Å²) in [4.78, 5) is 12.7. The first-order valence-corrected chi connectivity index (χ1v) is 11.0. The van der Waals surface area contributed by atoms with Gasteiger partial charge in [-0.3, -0.25) is 4.79 Å². The number of nitriles is 1. The largest absolute Gasteiger partial charge is 0.496 e. The predicted molar refractivity (Wildman–Crippen MR) is 135 cm³/mol. The summed E-state index contributed by atoms with van der Waals surface area (Å²) in [5.74, 6) is 0.134. The molecule has 0 bridgehead atoms. The van der Waals surface area contributed by atoms with Crippen LogP contribution in [0.3, 0.4) is 0 Å². The zero-order chi connectivity index (χ0) is 24.1. The molecule has 3 aromatic rings. The summed E-state index contributed by atoms with van der Waals surface area (Å²) < 4.78 is 5.60. The van der Waals surface area contributed by atoms with Crippen molar-refractivity contribution >= 4 is 29.3 Å². The molecule has 5 heteroatoms. The molecule has 0 saturated carbocycles. The molecule has 0 aliphatic heterocycles. The first-order valence-electron chi connectivity index (χ1n) is 10.6. The first-order chi connectivity index (χ1) is 15.7.